The quantitative estimate of drug-likeness (QED) is 0.861. The van der Waals surface area contributed by atoms with Gasteiger partial charge >= 0.3 is 0 Å². The van der Waals surface area contributed by atoms with Crippen LogP contribution in [0.4, 0.5) is 5.69 Å². The third-order valence-corrected chi connectivity index (χ3v) is 3.33. The lowest BCUT2D eigenvalue weighted by Gasteiger charge is -2.19. The van der Waals surface area contributed by atoms with Gasteiger partial charge in [-0.25, -0.2) is 5.01 Å². The van der Waals surface area contributed by atoms with E-state index >= 15 is 0 Å². The van der Waals surface area contributed by atoms with E-state index in [2.05, 4.69) is 15.0 Å². The van der Waals surface area contributed by atoms with Gasteiger partial charge in [-0.3, -0.25) is 4.98 Å². The molecular weight excluding hydrogens is 260 g/mol. The number of nitrogens with zero attached hydrogens (tertiary/aromatic N) is 4. The Bertz CT molecular complexity index is 585. The van der Waals surface area contributed by atoms with E-state index in [0.29, 0.717) is 0 Å². The fourth-order valence-corrected chi connectivity index (χ4v) is 2.18. The predicted molar refractivity (Wildman–Crippen MR) is 77.1 cm³/mol. The molecule has 96 valence electrons. The lowest BCUT2D eigenvalue weighted by atomic mass is 10.2. The van der Waals surface area contributed by atoms with Gasteiger partial charge in [-0.2, -0.15) is 5.10 Å². The molecule has 0 bridgehead atoms. The van der Waals surface area contributed by atoms with Gasteiger partial charge in [0.2, 0.25) is 0 Å². The number of aromatic nitrogens is 1. The summed E-state index contributed by atoms with van der Waals surface area (Å²) in [5.74, 6) is 0. The van der Waals surface area contributed by atoms with Gasteiger partial charge in [0, 0.05) is 24.0 Å². The zero-order valence-corrected chi connectivity index (χ0v) is 11.0. The Hall–Kier alpha value is -2.07. The van der Waals surface area contributed by atoms with Gasteiger partial charge in [-0.05, 0) is 23.8 Å². The Balaban J connectivity index is 1.68. The van der Waals surface area contributed by atoms with Gasteiger partial charge in [-0.1, -0.05) is 29.8 Å². The molecule has 2 heterocycles. The van der Waals surface area contributed by atoms with E-state index in [-0.39, 0.29) is 0 Å². The number of hydrogen-bond acceptors (Lipinski definition) is 4. The molecule has 0 unspecified atom stereocenters. The lowest BCUT2D eigenvalue weighted by Crippen LogP contribution is -2.26. The normalized spacial score (nSPS) is 14.2. The third kappa shape index (κ3) is 2.69. The first kappa shape index (κ1) is 12.0. The molecule has 1 aliphatic heterocycles. The molecule has 5 heteroatoms. The van der Waals surface area contributed by atoms with Crippen molar-refractivity contribution in [2.24, 2.45) is 5.10 Å². The second-order valence-corrected chi connectivity index (χ2v) is 4.72. The summed E-state index contributed by atoms with van der Waals surface area (Å²) in [7, 11) is 0. The van der Waals surface area contributed by atoms with Crippen molar-refractivity contribution in [3.63, 3.8) is 0 Å². The van der Waals surface area contributed by atoms with Gasteiger partial charge in [0.15, 0.2) is 0 Å². The first-order chi connectivity index (χ1) is 9.33. The van der Waals surface area contributed by atoms with Crippen LogP contribution >= 0.6 is 11.6 Å². The number of pyridine rings is 1. The summed E-state index contributed by atoms with van der Waals surface area (Å²) in [5.41, 5.74) is 2.14. The number of rotatable bonds is 3. The maximum absolute atomic E-state index is 6.16. The molecule has 4 nitrogen and oxygen atoms in total. The van der Waals surface area contributed by atoms with Crippen molar-refractivity contribution in [2.75, 3.05) is 11.7 Å². The van der Waals surface area contributed by atoms with Crippen molar-refractivity contribution in [3.8, 4) is 0 Å². The summed E-state index contributed by atoms with van der Waals surface area (Å²) in [4.78, 5) is 6.12. The zero-order valence-electron chi connectivity index (χ0n) is 10.3. The Morgan fingerprint density at radius 2 is 1.89 bits per heavy atom. The molecule has 1 aromatic heterocycles. The molecule has 19 heavy (non-hydrogen) atoms. The molecular formula is C14H13ClN4. The monoisotopic (exact) mass is 272 g/mol. The van der Waals surface area contributed by atoms with Crippen LogP contribution in [0.2, 0.25) is 5.02 Å². The number of halogens is 1. The molecule has 0 saturated carbocycles. The number of anilines is 1. The minimum atomic E-state index is 0.717. The highest BCUT2D eigenvalue weighted by atomic mass is 35.5. The Kier molecular flexibility index (Phi) is 3.33. The smallest absolute Gasteiger partial charge is 0.114 e. The van der Waals surface area contributed by atoms with Crippen LogP contribution in [-0.4, -0.2) is 22.9 Å². The predicted octanol–water partition coefficient (Wildman–Crippen LogP) is 2.96. The first-order valence-corrected chi connectivity index (χ1v) is 6.40. The Morgan fingerprint density at radius 3 is 2.68 bits per heavy atom. The SMILES string of the molecule is Clc1ccccc1CN1C=NN(c2ccncc2)C1. The molecule has 0 fully saturated rings. The van der Waals surface area contributed by atoms with Crippen LogP contribution in [0.1, 0.15) is 5.56 Å². The number of hydrogen-bond donors (Lipinski definition) is 0. The molecule has 0 atom stereocenters. The lowest BCUT2D eigenvalue weighted by molar-refractivity contribution is 0.451. The maximum Gasteiger partial charge on any atom is 0.114 e. The highest BCUT2D eigenvalue weighted by Gasteiger charge is 2.16. The van der Waals surface area contributed by atoms with E-state index in [1.807, 2.05) is 47.7 Å². The highest BCUT2D eigenvalue weighted by molar-refractivity contribution is 6.31. The minimum Gasteiger partial charge on any atom is -0.337 e. The molecule has 0 radical (unpaired) electrons. The zero-order chi connectivity index (χ0) is 13.1. The van der Waals surface area contributed by atoms with Gasteiger partial charge in [-0.15, -0.1) is 0 Å². The van der Waals surface area contributed by atoms with Gasteiger partial charge < -0.3 is 4.90 Å². The molecule has 2 aromatic rings. The largest absolute Gasteiger partial charge is 0.337 e. The van der Waals surface area contributed by atoms with Crippen LogP contribution in [-0.2, 0) is 6.54 Å². The molecule has 0 saturated heterocycles. The second kappa shape index (κ2) is 5.28. The standard InChI is InChI=1S/C14H13ClN4/c15-14-4-2-1-3-12(14)9-18-10-17-19(11-18)13-5-7-16-8-6-13/h1-8,10H,9,11H2. The summed E-state index contributed by atoms with van der Waals surface area (Å²) in [6, 6.07) is 11.8. The summed E-state index contributed by atoms with van der Waals surface area (Å²) in [6.07, 6.45) is 5.37. The van der Waals surface area contributed by atoms with Crippen LogP contribution in [0.15, 0.2) is 53.9 Å². The van der Waals surface area contributed by atoms with E-state index in [0.717, 1.165) is 29.5 Å². The molecule has 1 aromatic carbocycles. The van der Waals surface area contributed by atoms with E-state index in [1.165, 1.54) is 0 Å². The molecule has 0 aliphatic carbocycles. The van der Waals surface area contributed by atoms with E-state index in [4.69, 9.17) is 11.6 Å². The van der Waals surface area contributed by atoms with Crippen molar-refractivity contribution in [2.45, 2.75) is 6.54 Å². The fourth-order valence-electron chi connectivity index (χ4n) is 1.98. The van der Waals surface area contributed by atoms with E-state index in [1.54, 1.807) is 12.4 Å². The van der Waals surface area contributed by atoms with E-state index in [9.17, 15) is 0 Å². The van der Waals surface area contributed by atoms with Gasteiger partial charge in [0.25, 0.3) is 0 Å². The molecule has 3 rings (SSSR count). The topological polar surface area (TPSA) is 31.7 Å². The van der Waals surface area contributed by atoms with E-state index < -0.39 is 0 Å². The van der Waals surface area contributed by atoms with Crippen molar-refractivity contribution < 1.29 is 0 Å². The average Bonchev–Trinajstić information content (AvgIpc) is 2.91. The van der Waals surface area contributed by atoms with Crippen LogP contribution in [0.5, 0.6) is 0 Å². The van der Waals surface area contributed by atoms with Crippen molar-refractivity contribution in [3.05, 3.63) is 59.4 Å². The van der Waals surface area contributed by atoms with Gasteiger partial charge in [0.1, 0.15) is 13.0 Å². The van der Waals surface area contributed by atoms with Crippen LogP contribution in [0, 0.1) is 0 Å². The van der Waals surface area contributed by atoms with Crippen LogP contribution < -0.4 is 5.01 Å². The third-order valence-electron chi connectivity index (χ3n) is 2.96. The Labute approximate surface area is 116 Å². The molecule has 1 aliphatic rings. The Morgan fingerprint density at radius 1 is 1.11 bits per heavy atom. The highest BCUT2D eigenvalue weighted by Crippen LogP contribution is 2.20. The first-order valence-electron chi connectivity index (χ1n) is 6.02. The summed E-state index contributed by atoms with van der Waals surface area (Å²) in [5, 5.41) is 7.10. The van der Waals surface area contributed by atoms with Crippen molar-refractivity contribution >= 4 is 23.6 Å². The summed E-state index contributed by atoms with van der Waals surface area (Å²) >= 11 is 6.16. The second-order valence-electron chi connectivity index (χ2n) is 4.32. The molecule has 0 amide bonds. The molecule has 0 spiro atoms. The minimum absolute atomic E-state index is 0.717. The summed E-state index contributed by atoms with van der Waals surface area (Å²) < 4.78 is 0. The maximum atomic E-state index is 6.16. The number of hydrazone groups is 1. The van der Waals surface area contributed by atoms with Crippen LogP contribution in [0.3, 0.4) is 0 Å². The average molecular weight is 273 g/mol. The van der Waals surface area contributed by atoms with Crippen molar-refractivity contribution in [1.29, 1.82) is 0 Å². The van der Waals surface area contributed by atoms with Crippen LogP contribution in [0.25, 0.3) is 0 Å². The number of benzene rings is 1. The fraction of sp³-hybridized carbons (Fsp3) is 0.143. The molecule has 0 N–H and O–H groups in total. The van der Waals surface area contributed by atoms with Crippen molar-refractivity contribution in [1.82, 2.24) is 9.88 Å². The van der Waals surface area contributed by atoms with Gasteiger partial charge in [0.05, 0.1) is 5.69 Å². The summed E-state index contributed by atoms with van der Waals surface area (Å²) in [6.45, 7) is 1.47.